The molecule has 1 aromatic rings. The monoisotopic (exact) mass is 296 g/mol. The summed E-state index contributed by atoms with van der Waals surface area (Å²) in [4.78, 5) is 11.2. The number of carboxylic acid groups (broad SMARTS) is 1. The molecule has 0 aliphatic rings. The zero-order chi connectivity index (χ0) is 15.4. The highest BCUT2D eigenvalue weighted by Gasteiger charge is 2.33. The molecule has 1 heterocycles. The fraction of sp³-hybridized carbons (Fsp3) is 0.800. The largest absolute Gasteiger partial charge is 0.481 e. The van der Waals surface area contributed by atoms with E-state index in [9.17, 15) is 18.0 Å². The molecule has 1 unspecified atom stereocenters. The van der Waals surface area contributed by atoms with E-state index in [-0.39, 0.29) is 12.4 Å². The van der Waals surface area contributed by atoms with E-state index in [0.29, 0.717) is 6.42 Å². The predicted molar refractivity (Wildman–Crippen MR) is 59.6 cm³/mol. The van der Waals surface area contributed by atoms with Crippen molar-refractivity contribution < 1.29 is 27.8 Å². The standard InChI is InChI=1S/C10H15F3N4O3/c1-3-9(2,8(18)19)5-17-7(14-15-16-17)4-20-6-10(11,12)13/h3-6H2,1-2H3,(H,18,19). The van der Waals surface area contributed by atoms with E-state index in [1.165, 1.54) is 6.92 Å². The van der Waals surface area contributed by atoms with Crippen molar-refractivity contribution in [2.45, 2.75) is 39.6 Å². The first-order valence-electron chi connectivity index (χ1n) is 5.81. The van der Waals surface area contributed by atoms with Gasteiger partial charge in [0.15, 0.2) is 5.82 Å². The number of carboxylic acids is 1. The summed E-state index contributed by atoms with van der Waals surface area (Å²) in [6.07, 6.45) is -4.11. The summed E-state index contributed by atoms with van der Waals surface area (Å²) in [6, 6.07) is 0. The van der Waals surface area contributed by atoms with Crippen molar-refractivity contribution in [3.05, 3.63) is 5.82 Å². The summed E-state index contributed by atoms with van der Waals surface area (Å²) in [5.41, 5.74) is -1.10. The second kappa shape index (κ2) is 6.16. The molecule has 0 saturated heterocycles. The van der Waals surface area contributed by atoms with Gasteiger partial charge in [-0.15, -0.1) is 5.10 Å². The van der Waals surface area contributed by atoms with Crippen LogP contribution in [0, 0.1) is 5.41 Å². The minimum Gasteiger partial charge on any atom is -0.481 e. The van der Waals surface area contributed by atoms with E-state index in [1.54, 1.807) is 6.92 Å². The molecule has 1 aromatic heterocycles. The lowest BCUT2D eigenvalue weighted by Crippen LogP contribution is -2.33. The Morgan fingerprint density at radius 3 is 2.60 bits per heavy atom. The third kappa shape index (κ3) is 4.44. The Morgan fingerprint density at radius 2 is 2.10 bits per heavy atom. The number of carbonyl (C=O) groups is 1. The van der Waals surface area contributed by atoms with E-state index in [1.807, 2.05) is 0 Å². The molecule has 0 aliphatic carbocycles. The third-order valence-corrected chi connectivity index (χ3v) is 2.90. The van der Waals surface area contributed by atoms with E-state index in [0.717, 1.165) is 4.68 Å². The number of rotatable bonds is 7. The molecule has 0 radical (unpaired) electrons. The normalized spacial score (nSPS) is 15.1. The minimum absolute atomic E-state index is 0.0451. The summed E-state index contributed by atoms with van der Waals surface area (Å²) < 4.78 is 41.5. The van der Waals surface area contributed by atoms with Crippen LogP contribution in [-0.2, 0) is 22.7 Å². The number of alkyl halides is 3. The van der Waals surface area contributed by atoms with Crippen molar-refractivity contribution in [1.29, 1.82) is 0 Å². The van der Waals surface area contributed by atoms with Gasteiger partial charge in [0.25, 0.3) is 0 Å². The maximum Gasteiger partial charge on any atom is 0.411 e. The maximum atomic E-state index is 12.0. The molecule has 0 aromatic carbocycles. The molecule has 10 heteroatoms. The van der Waals surface area contributed by atoms with Gasteiger partial charge in [0.05, 0.1) is 12.0 Å². The number of tetrazole rings is 1. The Hall–Kier alpha value is -1.71. The van der Waals surface area contributed by atoms with Crippen LogP contribution in [0.2, 0.25) is 0 Å². The Bertz CT molecular complexity index is 463. The van der Waals surface area contributed by atoms with Crippen molar-refractivity contribution in [3.63, 3.8) is 0 Å². The summed E-state index contributed by atoms with van der Waals surface area (Å²) in [7, 11) is 0. The Kier molecular flexibility index (Phi) is 5.03. The molecule has 1 rings (SSSR count). The molecular formula is C10H15F3N4O3. The topological polar surface area (TPSA) is 90.1 Å². The molecular weight excluding hydrogens is 281 g/mol. The first-order chi connectivity index (χ1) is 9.18. The van der Waals surface area contributed by atoms with E-state index >= 15 is 0 Å². The zero-order valence-electron chi connectivity index (χ0n) is 11.0. The number of halogens is 3. The predicted octanol–water partition coefficient (Wildman–Crippen LogP) is 1.25. The van der Waals surface area contributed by atoms with Crippen LogP contribution in [0.25, 0.3) is 0 Å². The highest BCUT2D eigenvalue weighted by molar-refractivity contribution is 5.73. The molecule has 7 nitrogen and oxygen atoms in total. The van der Waals surface area contributed by atoms with Crippen LogP contribution in [0.1, 0.15) is 26.1 Å². The number of hydrogen-bond donors (Lipinski definition) is 1. The summed E-state index contributed by atoms with van der Waals surface area (Å²) >= 11 is 0. The SMILES string of the molecule is CCC(C)(Cn1nnnc1COCC(F)(F)F)C(=O)O. The number of aliphatic carboxylic acids is 1. The van der Waals surface area contributed by atoms with Crippen molar-refractivity contribution in [2.24, 2.45) is 5.41 Å². The molecule has 0 fully saturated rings. The Labute approximate surface area is 112 Å². The molecule has 1 N–H and O–H groups in total. The number of nitrogens with zero attached hydrogens (tertiary/aromatic N) is 4. The van der Waals surface area contributed by atoms with Gasteiger partial charge < -0.3 is 9.84 Å². The number of ether oxygens (including phenoxy) is 1. The smallest absolute Gasteiger partial charge is 0.411 e. The average Bonchev–Trinajstić information content (AvgIpc) is 2.74. The molecule has 114 valence electrons. The molecule has 0 amide bonds. The van der Waals surface area contributed by atoms with Crippen molar-refractivity contribution >= 4 is 5.97 Å². The molecule has 1 atom stereocenters. The molecule has 0 aliphatic heterocycles. The lowest BCUT2D eigenvalue weighted by atomic mass is 9.88. The van der Waals surface area contributed by atoms with Crippen molar-refractivity contribution in [3.8, 4) is 0 Å². The van der Waals surface area contributed by atoms with Gasteiger partial charge in [0.2, 0.25) is 0 Å². The van der Waals surface area contributed by atoms with Crippen LogP contribution in [-0.4, -0.2) is 44.1 Å². The quantitative estimate of drug-likeness (QED) is 0.814. The van der Waals surface area contributed by atoms with E-state index in [4.69, 9.17) is 5.11 Å². The molecule has 0 saturated carbocycles. The van der Waals surface area contributed by atoms with Gasteiger partial charge in [-0.1, -0.05) is 6.92 Å². The molecule has 0 bridgehead atoms. The third-order valence-electron chi connectivity index (χ3n) is 2.90. The van der Waals surface area contributed by atoms with Crippen LogP contribution in [0.4, 0.5) is 13.2 Å². The fourth-order valence-corrected chi connectivity index (χ4v) is 1.37. The summed E-state index contributed by atoms with van der Waals surface area (Å²) in [5.74, 6) is -0.979. The van der Waals surface area contributed by atoms with Gasteiger partial charge in [-0.05, 0) is 23.8 Å². The highest BCUT2D eigenvalue weighted by atomic mass is 19.4. The maximum absolute atomic E-state index is 12.0. The van der Waals surface area contributed by atoms with Crippen LogP contribution >= 0.6 is 0 Å². The lowest BCUT2D eigenvalue weighted by Gasteiger charge is -2.22. The number of aromatic nitrogens is 4. The lowest BCUT2D eigenvalue weighted by molar-refractivity contribution is -0.177. The summed E-state index contributed by atoms with van der Waals surface area (Å²) in [6.45, 7) is 1.31. The van der Waals surface area contributed by atoms with Gasteiger partial charge >= 0.3 is 12.1 Å². The van der Waals surface area contributed by atoms with Crippen molar-refractivity contribution in [2.75, 3.05) is 6.61 Å². The summed E-state index contributed by atoms with van der Waals surface area (Å²) in [5, 5.41) is 19.6. The first kappa shape index (κ1) is 16.3. The van der Waals surface area contributed by atoms with E-state index < -0.39 is 30.8 Å². The van der Waals surface area contributed by atoms with Crippen molar-refractivity contribution in [1.82, 2.24) is 20.2 Å². The van der Waals surface area contributed by atoms with Gasteiger partial charge in [-0.3, -0.25) is 4.79 Å². The van der Waals surface area contributed by atoms with Crippen LogP contribution in [0.15, 0.2) is 0 Å². The Morgan fingerprint density at radius 1 is 1.45 bits per heavy atom. The van der Waals surface area contributed by atoms with Crippen LogP contribution in [0.3, 0.4) is 0 Å². The second-order valence-corrected chi connectivity index (χ2v) is 4.58. The zero-order valence-corrected chi connectivity index (χ0v) is 11.0. The van der Waals surface area contributed by atoms with Gasteiger partial charge in [0.1, 0.15) is 13.2 Å². The Balaban J connectivity index is 2.69. The first-order valence-corrected chi connectivity index (χ1v) is 5.81. The molecule has 0 spiro atoms. The van der Waals surface area contributed by atoms with Crippen LogP contribution in [0.5, 0.6) is 0 Å². The van der Waals surface area contributed by atoms with Gasteiger partial charge in [0, 0.05) is 0 Å². The minimum atomic E-state index is -4.43. The van der Waals surface area contributed by atoms with Crippen LogP contribution < -0.4 is 0 Å². The molecule has 20 heavy (non-hydrogen) atoms. The average molecular weight is 296 g/mol. The number of hydrogen-bond acceptors (Lipinski definition) is 5. The second-order valence-electron chi connectivity index (χ2n) is 4.58. The fourth-order valence-electron chi connectivity index (χ4n) is 1.37. The van der Waals surface area contributed by atoms with E-state index in [2.05, 4.69) is 20.3 Å². The highest BCUT2D eigenvalue weighted by Crippen LogP contribution is 2.24. The van der Waals surface area contributed by atoms with Gasteiger partial charge in [-0.2, -0.15) is 13.2 Å². The van der Waals surface area contributed by atoms with Gasteiger partial charge in [-0.25, -0.2) is 4.68 Å².